The van der Waals surface area contributed by atoms with Gasteiger partial charge in [-0.2, -0.15) is 5.10 Å². The van der Waals surface area contributed by atoms with Crippen LogP contribution in [0.25, 0.3) is 0 Å². The Morgan fingerprint density at radius 3 is 2.42 bits per heavy atom. The third kappa shape index (κ3) is 4.10. The van der Waals surface area contributed by atoms with E-state index in [1.165, 1.54) is 11.1 Å². The summed E-state index contributed by atoms with van der Waals surface area (Å²) in [7, 11) is 2.13. The van der Waals surface area contributed by atoms with Crippen LogP contribution in [-0.4, -0.2) is 28.3 Å². The minimum atomic E-state index is 0.581. The van der Waals surface area contributed by atoms with Gasteiger partial charge >= 0.3 is 0 Å². The number of likely N-dealkylation sites (N-methyl/N-ethyl adjacent to an activating group) is 1. The molecule has 2 rings (SSSR count). The van der Waals surface area contributed by atoms with E-state index >= 15 is 0 Å². The van der Waals surface area contributed by atoms with Gasteiger partial charge in [0, 0.05) is 19.3 Å². The number of anilines is 1. The monoisotopic (exact) mass is 258 g/mol. The maximum absolute atomic E-state index is 5.59. The van der Waals surface area contributed by atoms with E-state index < -0.39 is 0 Å². The van der Waals surface area contributed by atoms with E-state index in [1.807, 2.05) is 16.9 Å². The van der Waals surface area contributed by atoms with E-state index in [9.17, 15) is 0 Å². The summed E-state index contributed by atoms with van der Waals surface area (Å²) in [6, 6.07) is 10.7. The fourth-order valence-electron chi connectivity index (χ4n) is 2.05. The molecule has 4 nitrogen and oxygen atoms in total. The summed E-state index contributed by atoms with van der Waals surface area (Å²) in [6.45, 7) is 4.95. The number of aryl methyl sites for hydroxylation is 1. The van der Waals surface area contributed by atoms with Crippen LogP contribution in [0.1, 0.15) is 18.1 Å². The van der Waals surface area contributed by atoms with Gasteiger partial charge in [-0.05, 0) is 30.7 Å². The van der Waals surface area contributed by atoms with E-state index in [0.29, 0.717) is 5.82 Å². The van der Waals surface area contributed by atoms with Gasteiger partial charge in [-0.25, -0.2) is 0 Å². The number of rotatable bonds is 6. The van der Waals surface area contributed by atoms with E-state index in [4.69, 9.17) is 5.73 Å². The van der Waals surface area contributed by atoms with Crippen LogP contribution in [-0.2, 0) is 19.5 Å². The molecule has 1 heterocycles. The zero-order valence-electron chi connectivity index (χ0n) is 11.7. The largest absolute Gasteiger partial charge is 0.382 e. The van der Waals surface area contributed by atoms with Crippen LogP contribution in [0.15, 0.2) is 36.5 Å². The maximum atomic E-state index is 5.59. The topological polar surface area (TPSA) is 47.1 Å². The fraction of sp³-hybridized carbons (Fsp3) is 0.400. The van der Waals surface area contributed by atoms with Gasteiger partial charge in [-0.15, -0.1) is 0 Å². The lowest BCUT2D eigenvalue weighted by Crippen LogP contribution is -2.23. The second-order valence-corrected chi connectivity index (χ2v) is 4.91. The average Bonchev–Trinajstić information content (AvgIpc) is 2.83. The summed E-state index contributed by atoms with van der Waals surface area (Å²) in [5.74, 6) is 0.581. The van der Waals surface area contributed by atoms with Crippen LogP contribution in [0.2, 0.25) is 0 Å². The number of hydrogen-bond donors (Lipinski definition) is 1. The van der Waals surface area contributed by atoms with Crippen molar-refractivity contribution < 1.29 is 0 Å². The molecule has 2 N–H and O–H groups in total. The first-order valence-corrected chi connectivity index (χ1v) is 6.72. The minimum absolute atomic E-state index is 0.581. The van der Waals surface area contributed by atoms with Crippen LogP contribution in [0.5, 0.6) is 0 Å². The van der Waals surface area contributed by atoms with Gasteiger partial charge in [0.15, 0.2) is 0 Å². The van der Waals surface area contributed by atoms with Crippen molar-refractivity contribution in [2.75, 3.05) is 19.3 Å². The van der Waals surface area contributed by atoms with Crippen molar-refractivity contribution >= 4 is 5.82 Å². The van der Waals surface area contributed by atoms with Crippen molar-refractivity contribution in [2.45, 2.75) is 26.4 Å². The Labute approximate surface area is 114 Å². The van der Waals surface area contributed by atoms with Crippen molar-refractivity contribution in [1.29, 1.82) is 0 Å². The molecule has 19 heavy (non-hydrogen) atoms. The Hall–Kier alpha value is -1.81. The Morgan fingerprint density at radius 2 is 1.84 bits per heavy atom. The zero-order valence-corrected chi connectivity index (χ0v) is 11.7. The molecular formula is C15H22N4. The second kappa shape index (κ2) is 6.38. The highest BCUT2D eigenvalue weighted by Crippen LogP contribution is 2.07. The molecular weight excluding hydrogens is 236 g/mol. The molecule has 102 valence electrons. The van der Waals surface area contributed by atoms with Gasteiger partial charge in [0.25, 0.3) is 0 Å². The van der Waals surface area contributed by atoms with Crippen molar-refractivity contribution in [2.24, 2.45) is 0 Å². The minimum Gasteiger partial charge on any atom is -0.382 e. The number of nitrogens with two attached hydrogens (primary N) is 1. The summed E-state index contributed by atoms with van der Waals surface area (Å²) in [6.07, 6.45) is 3.01. The molecule has 1 aromatic carbocycles. The normalized spacial score (nSPS) is 11.1. The lowest BCUT2D eigenvalue weighted by molar-refractivity contribution is 0.305. The predicted molar refractivity (Wildman–Crippen MR) is 78.8 cm³/mol. The van der Waals surface area contributed by atoms with Gasteiger partial charge in [-0.3, -0.25) is 4.68 Å². The van der Waals surface area contributed by atoms with Crippen molar-refractivity contribution in [3.8, 4) is 0 Å². The van der Waals surface area contributed by atoms with Crippen molar-refractivity contribution in [1.82, 2.24) is 14.7 Å². The molecule has 0 spiro atoms. The molecule has 0 radical (unpaired) electrons. The number of nitrogen functional groups attached to an aromatic ring is 1. The molecule has 0 saturated carbocycles. The highest BCUT2D eigenvalue weighted by atomic mass is 15.3. The van der Waals surface area contributed by atoms with Gasteiger partial charge in [-0.1, -0.05) is 31.2 Å². The SMILES string of the molecule is CCc1ccc(CN(C)CCn2ccc(N)n2)cc1. The average molecular weight is 258 g/mol. The molecule has 0 aliphatic carbocycles. The number of nitrogens with zero attached hydrogens (tertiary/aromatic N) is 3. The van der Waals surface area contributed by atoms with Crippen LogP contribution < -0.4 is 5.73 Å². The molecule has 0 amide bonds. The molecule has 0 unspecified atom stereocenters. The lowest BCUT2D eigenvalue weighted by Gasteiger charge is -2.16. The Balaban J connectivity index is 1.81. The Bertz CT molecular complexity index is 501. The van der Waals surface area contributed by atoms with Crippen molar-refractivity contribution in [3.63, 3.8) is 0 Å². The van der Waals surface area contributed by atoms with Crippen LogP contribution in [0, 0.1) is 0 Å². The molecule has 2 aromatic rings. The molecule has 1 aromatic heterocycles. The van der Waals surface area contributed by atoms with E-state index in [-0.39, 0.29) is 0 Å². The smallest absolute Gasteiger partial charge is 0.145 e. The van der Waals surface area contributed by atoms with E-state index in [1.54, 1.807) is 0 Å². The molecule has 0 bridgehead atoms. The molecule has 0 saturated heterocycles. The first-order chi connectivity index (χ1) is 9.17. The van der Waals surface area contributed by atoms with Gasteiger partial charge < -0.3 is 10.6 Å². The van der Waals surface area contributed by atoms with Crippen LogP contribution >= 0.6 is 0 Å². The molecule has 0 atom stereocenters. The van der Waals surface area contributed by atoms with Crippen LogP contribution in [0.3, 0.4) is 0 Å². The lowest BCUT2D eigenvalue weighted by atomic mass is 10.1. The quantitative estimate of drug-likeness (QED) is 0.863. The molecule has 4 heteroatoms. The number of aromatic nitrogens is 2. The third-order valence-corrected chi connectivity index (χ3v) is 3.26. The summed E-state index contributed by atoms with van der Waals surface area (Å²) >= 11 is 0. The van der Waals surface area contributed by atoms with Crippen LogP contribution in [0.4, 0.5) is 5.82 Å². The van der Waals surface area contributed by atoms with E-state index in [2.05, 4.69) is 48.2 Å². The predicted octanol–water partition coefficient (Wildman–Crippen LogP) is 2.16. The summed E-state index contributed by atoms with van der Waals surface area (Å²) in [5, 5.41) is 4.18. The highest BCUT2D eigenvalue weighted by molar-refractivity contribution is 5.24. The molecule has 0 fully saturated rings. The highest BCUT2D eigenvalue weighted by Gasteiger charge is 2.02. The molecule has 0 aliphatic heterocycles. The number of benzene rings is 1. The Morgan fingerprint density at radius 1 is 1.16 bits per heavy atom. The second-order valence-electron chi connectivity index (χ2n) is 4.91. The molecule has 0 aliphatic rings. The standard InChI is InChI=1S/C15H22N4/c1-3-13-4-6-14(7-5-13)12-18(2)10-11-19-9-8-15(16)17-19/h4-9H,3,10-12H2,1-2H3,(H2,16,17). The maximum Gasteiger partial charge on any atom is 0.145 e. The third-order valence-electron chi connectivity index (χ3n) is 3.26. The Kier molecular flexibility index (Phi) is 4.58. The fourth-order valence-corrected chi connectivity index (χ4v) is 2.05. The van der Waals surface area contributed by atoms with E-state index in [0.717, 1.165) is 26.1 Å². The summed E-state index contributed by atoms with van der Waals surface area (Å²) in [4.78, 5) is 2.29. The number of hydrogen-bond acceptors (Lipinski definition) is 3. The zero-order chi connectivity index (χ0) is 13.7. The summed E-state index contributed by atoms with van der Waals surface area (Å²) < 4.78 is 1.88. The van der Waals surface area contributed by atoms with Crippen molar-refractivity contribution in [3.05, 3.63) is 47.7 Å². The van der Waals surface area contributed by atoms with Gasteiger partial charge in [0.05, 0.1) is 6.54 Å². The first-order valence-electron chi connectivity index (χ1n) is 6.72. The van der Waals surface area contributed by atoms with Gasteiger partial charge in [0.2, 0.25) is 0 Å². The van der Waals surface area contributed by atoms with Gasteiger partial charge in [0.1, 0.15) is 5.82 Å². The summed E-state index contributed by atoms with van der Waals surface area (Å²) in [5.41, 5.74) is 8.32. The first kappa shape index (κ1) is 13.6.